The molecular weight excluding hydrogens is 546 g/mol. The maximum Gasteiger partial charge on any atom is 0.374 e. The van der Waals surface area contributed by atoms with Crippen molar-refractivity contribution in [3.63, 3.8) is 0 Å². The largest absolute Gasteiger partial charge is 0.481 e. The summed E-state index contributed by atoms with van der Waals surface area (Å²) in [5.74, 6) is -0.578. The molecule has 1 saturated heterocycles. The number of benzene rings is 2. The van der Waals surface area contributed by atoms with E-state index in [0.29, 0.717) is 29.5 Å². The van der Waals surface area contributed by atoms with E-state index < -0.39 is 11.9 Å². The predicted molar refractivity (Wildman–Crippen MR) is 159 cm³/mol. The quantitative estimate of drug-likeness (QED) is 0.194. The Kier molecular flexibility index (Phi) is 7.84. The molecule has 3 unspecified atom stereocenters. The number of allylic oxidation sites excluding steroid dienone is 6. The van der Waals surface area contributed by atoms with Gasteiger partial charge in [0.05, 0.1) is 30.2 Å². The summed E-state index contributed by atoms with van der Waals surface area (Å²) < 4.78 is 14.4. The molecule has 0 saturated carbocycles. The Balaban J connectivity index is 1.31. The van der Waals surface area contributed by atoms with Crippen molar-refractivity contribution in [1.29, 1.82) is 5.26 Å². The van der Waals surface area contributed by atoms with Gasteiger partial charge in [-0.25, -0.2) is 0 Å². The Morgan fingerprint density at radius 2 is 1.93 bits per heavy atom. The molecule has 3 aromatic rings. The highest BCUT2D eigenvalue weighted by Crippen LogP contribution is 2.42. The second kappa shape index (κ2) is 12.0. The van der Waals surface area contributed by atoms with Gasteiger partial charge in [-0.3, -0.25) is 9.59 Å². The molecule has 1 aliphatic heterocycles. The van der Waals surface area contributed by atoms with Gasteiger partial charge in [0.1, 0.15) is 12.5 Å². The van der Waals surface area contributed by atoms with E-state index in [2.05, 4.69) is 24.3 Å². The van der Waals surface area contributed by atoms with Crippen molar-refractivity contribution >= 4 is 39.9 Å². The zero-order valence-corrected chi connectivity index (χ0v) is 23.6. The molecule has 0 bridgehead atoms. The molecule has 9 nitrogen and oxygen atoms in total. The normalized spacial score (nSPS) is 22.4. The predicted octanol–water partition coefficient (Wildman–Crippen LogP) is 5.49. The summed E-state index contributed by atoms with van der Waals surface area (Å²) in [5.41, 5.74) is 2.99. The molecule has 0 spiro atoms. The van der Waals surface area contributed by atoms with Crippen LogP contribution in [0.2, 0.25) is 0 Å². The number of ether oxygens (including phenoxy) is 1. The second-order valence-electron chi connectivity index (χ2n) is 11.0. The molecule has 3 atom stereocenters. The van der Waals surface area contributed by atoms with Crippen LogP contribution in [-0.2, 0) is 20.9 Å². The van der Waals surface area contributed by atoms with Crippen LogP contribution in [0.5, 0.6) is 0 Å². The Bertz CT molecular complexity index is 1790. The zero-order chi connectivity index (χ0) is 29.9. The number of nitrogens with zero attached hydrogens (tertiary/aromatic N) is 3. The van der Waals surface area contributed by atoms with Gasteiger partial charge in [0.2, 0.25) is 5.58 Å². The molecule has 2 aromatic carbocycles. The number of carboxylic acids is 2. The summed E-state index contributed by atoms with van der Waals surface area (Å²) >= 11 is 0. The first-order chi connectivity index (χ1) is 20.9. The Morgan fingerprint density at radius 1 is 1.14 bits per heavy atom. The van der Waals surface area contributed by atoms with Gasteiger partial charge < -0.3 is 24.3 Å². The number of aliphatic carboxylic acids is 2. The average Bonchev–Trinajstić information content (AvgIpc) is 3.54. The van der Waals surface area contributed by atoms with Gasteiger partial charge in [-0.15, -0.1) is 0 Å². The van der Waals surface area contributed by atoms with Crippen molar-refractivity contribution in [2.24, 2.45) is 5.92 Å². The number of rotatable bonds is 9. The third-order valence-corrected chi connectivity index (χ3v) is 8.30. The number of nitriles is 1. The fourth-order valence-electron chi connectivity index (χ4n) is 6.23. The van der Waals surface area contributed by atoms with E-state index >= 15 is 0 Å². The van der Waals surface area contributed by atoms with Crippen LogP contribution in [0.15, 0.2) is 94.3 Å². The molecule has 43 heavy (non-hydrogen) atoms. The minimum Gasteiger partial charge on any atom is -0.481 e. The van der Waals surface area contributed by atoms with Gasteiger partial charge in [0.15, 0.2) is 12.4 Å². The van der Waals surface area contributed by atoms with Gasteiger partial charge in [-0.1, -0.05) is 42.5 Å². The van der Waals surface area contributed by atoms with Crippen molar-refractivity contribution in [3.8, 4) is 6.07 Å². The Hall–Kier alpha value is -5.10. The first kappa shape index (κ1) is 28.0. The third-order valence-electron chi connectivity index (χ3n) is 8.30. The Morgan fingerprint density at radius 3 is 2.70 bits per heavy atom. The van der Waals surface area contributed by atoms with Crippen LogP contribution < -0.4 is 4.57 Å². The van der Waals surface area contributed by atoms with Crippen molar-refractivity contribution < 1.29 is 33.5 Å². The molecule has 6 rings (SSSR count). The highest BCUT2D eigenvalue weighted by Gasteiger charge is 2.45. The molecule has 0 radical (unpaired) electrons. The molecule has 2 heterocycles. The number of hydrogen-bond donors (Lipinski definition) is 2. The monoisotopic (exact) mass is 578 g/mol. The van der Waals surface area contributed by atoms with E-state index in [1.54, 1.807) is 28.9 Å². The highest BCUT2D eigenvalue weighted by atomic mass is 16.5. The number of carboxylic acid groups (broad SMARTS) is 2. The van der Waals surface area contributed by atoms with Gasteiger partial charge in [0, 0.05) is 18.5 Å². The van der Waals surface area contributed by atoms with Crippen LogP contribution >= 0.6 is 0 Å². The van der Waals surface area contributed by atoms with Gasteiger partial charge in [0.25, 0.3) is 5.52 Å². The molecule has 9 heteroatoms. The van der Waals surface area contributed by atoms with Crippen LogP contribution in [-0.4, -0.2) is 45.7 Å². The molecule has 2 aliphatic carbocycles. The van der Waals surface area contributed by atoms with Gasteiger partial charge in [-0.2, -0.15) is 9.83 Å². The molecular formula is C34H32N3O6+. The fraction of sp³-hybridized carbons (Fsp3) is 0.294. The zero-order valence-electron chi connectivity index (χ0n) is 23.6. The van der Waals surface area contributed by atoms with Crippen molar-refractivity contribution in [2.75, 3.05) is 6.54 Å². The molecule has 1 aromatic heterocycles. The lowest BCUT2D eigenvalue weighted by Crippen LogP contribution is -2.41. The number of fused-ring (bicyclic) bond motifs is 5. The number of aromatic nitrogens is 1. The summed E-state index contributed by atoms with van der Waals surface area (Å²) in [6.07, 6.45) is 16.1. The van der Waals surface area contributed by atoms with E-state index in [4.69, 9.17) is 9.15 Å². The van der Waals surface area contributed by atoms with Crippen molar-refractivity contribution in [3.05, 3.63) is 95.8 Å². The van der Waals surface area contributed by atoms with E-state index in [9.17, 15) is 25.1 Å². The lowest BCUT2D eigenvalue weighted by atomic mass is 9.77. The van der Waals surface area contributed by atoms with Gasteiger partial charge in [-0.05, 0) is 59.9 Å². The standard InChI is InChI=1S/C34H31N3O6/c35-21-22(9-13-30-37(18-16-33(40)41)28-19-24-6-1-2-7-25(24)20-29(28)42-30)10-14-31-36(17-15-32(38)39)27-12-11-23-5-3-4-8-26(23)34(27)43-31/h1-2,5-7,9-14,19-20,26-27,34H,3-4,8,15-18H2,(H-,38,39,40,41)/p+1. The minimum absolute atomic E-state index is 0.0305. The lowest BCUT2D eigenvalue weighted by molar-refractivity contribution is -0.676. The fourth-order valence-corrected chi connectivity index (χ4v) is 6.23. The first-order valence-electron chi connectivity index (χ1n) is 14.5. The second-order valence-corrected chi connectivity index (χ2v) is 11.0. The molecule has 218 valence electrons. The maximum atomic E-state index is 11.4. The van der Waals surface area contributed by atoms with E-state index in [0.717, 1.165) is 35.6 Å². The number of oxazole rings is 1. The molecule has 3 aliphatic rings. The molecule has 2 N–H and O–H groups in total. The summed E-state index contributed by atoms with van der Waals surface area (Å²) in [4.78, 5) is 24.8. The number of carbonyl (C=O) groups is 2. The van der Waals surface area contributed by atoms with Crippen LogP contribution in [0.25, 0.3) is 27.9 Å². The summed E-state index contributed by atoms with van der Waals surface area (Å²) in [5, 5.41) is 30.6. The van der Waals surface area contributed by atoms with Crippen molar-refractivity contribution in [1.82, 2.24) is 4.90 Å². The summed E-state index contributed by atoms with van der Waals surface area (Å²) in [6, 6.07) is 13.9. The van der Waals surface area contributed by atoms with E-state index in [-0.39, 0.29) is 37.5 Å². The van der Waals surface area contributed by atoms with Gasteiger partial charge >= 0.3 is 17.8 Å². The number of hydrogen-bond acceptors (Lipinski definition) is 6. The van der Waals surface area contributed by atoms with Crippen LogP contribution in [0, 0.1) is 17.2 Å². The summed E-state index contributed by atoms with van der Waals surface area (Å²) in [7, 11) is 0. The third kappa shape index (κ3) is 5.82. The molecule has 0 amide bonds. The topological polar surface area (TPSA) is 128 Å². The SMILES string of the molecule is N#CC(C=Cc1oc2cc3ccccc3cc2[n+]1CCC(=O)O)=CC=C1OC2C3CCCC=C3C=CC2N1CCC(=O)O. The maximum absolute atomic E-state index is 11.4. The molecule has 1 fully saturated rings. The minimum atomic E-state index is -0.919. The van der Waals surface area contributed by atoms with Crippen LogP contribution in [0.1, 0.15) is 38.0 Å². The summed E-state index contributed by atoms with van der Waals surface area (Å²) in [6.45, 7) is 0.497. The van der Waals surface area contributed by atoms with Crippen LogP contribution in [0.3, 0.4) is 0 Å². The van der Waals surface area contributed by atoms with Crippen LogP contribution in [0.4, 0.5) is 0 Å². The Labute approximate surface area is 248 Å². The number of aryl methyl sites for hydroxylation is 1. The lowest BCUT2D eigenvalue weighted by Gasteiger charge is -2.34. The van der Waals surface area contributed by atoms with E-state index in [1.807, 2.05) is 41.3 Å². The first-order valence-corrected chi connectivity index (χ1v) is 14.5. The smallest absolute Gasteiger partial charge is 0.374 e. The van der Waals surface area contributed by atoms with Crippen molar-refractivity contribution in [2.45, 2.75) is 50.8 Å². The average molecular weight is 579 g/mol. The van der Waals surface area contributed by atoms with E-state index in [1.165, 1.54) is 5.57 Å². The highest BCUT2D eigenvalue weighted by molar-refractivity contribution is 5.93.